The van der Waals surface area contributed by atoms with Crippen molar-refractivity contribution in [3.05, 3.63) is 97.1 Å². The van der Waals surface area contributed by atoms with Crippen LogP contribution in [0.3, 0.4) is 0 Å². The van der Waals surface area contributed by atoms with Gasteiger partial charge in [-0.1, -0.05) is 72.8 Å². The highest BCUT2D eigenvalue weighted by atomic mass is 16.7. The average molecular weight is 497 g/mol. The Morgan fingerprint density at radius 3 is 1.76 bits per heavy atom. The maximum atomic E-state index is 6.57. The Morgan fingerprint density at radius 2 is 1.16 bits per heavy atom. The third-order valence-electron chi connectivity index (χ3n) is 8.16. The topological polar surface area (TPSA) is 44.5 Å². The van der Waals surface area contributed by atoms with E-state index < -0.39 is 18.3 Å². The van der Waals surface area contributed by atoms with Gasteiger partial charge in [0.25, 0.3) is 0 Å². The Bertz CT molecular complexity index is 1770. The summed E-state index contributed by atoms with van der Waals surface area (Å²) in [5, 5.41) is 4.57. The van der Waals surface area contributed by atoms with E-state index in [1.807, 2.05) is 36.4 Å². The molecule has 1 aromatic heterocycles. The van der Waals surface area contributed by atoms with Gasteiger partial charge in [-0.15, -0.1) is 0 Å². The molecule has 2 heterocycles. The number of hydrogen-bond donors (Lipinski definition) is 0. The Morgan fingerprint density at radius 1 is 0.605 bits per heavy atom. The monoisotopic (exact) mass is 497 g/mol. The smallest absolute Gasteiger partial charge is 0.436 e. The molecule has 5 aromatic carbocycles. The molecular weight excluding hydrogens is 469 g/mol. The van der Waals surface area contributed by atoms with Crippen molar-refractivity contribution >= 4 is 45.2 Å². The van der Waals surface area contributed by atoms with Crippen LogP contribution in [0.4, 0.5) is 0 Å². The molecule has 0 aliphatic carbocycles. The van der Waals surface area contributed by atoms with Crippen molar-refractivity contribution in [1.82, 2.24) is 4.98 Å². The van der Waals surface area contributed by atoms with Gasteiger partial charge in [0.05, 0.1) is 11.2 Å². The number of fused-ring (bicyclic) bond motifs is 3. The normalized spacial score (nSPS) is 16.6. The Kier molecular flexibility index (Phi) is 5.06. The number of hydrogen-bond acceptors (Lipinski definition) is 4. The molecular formula is C33H28BNO3. The van der Waals surface area contributed by atoms with Crippen molar-refractivity contribution in [3.63, 3.8) is 0 Å². The Labute approximate surface area is 222 Å². The first-order valence-electron chi connectivity index (χ1n) is 13.1. The molecule has 0 atom stereocenters. The van der Waals surface area contributed by atoms with Crippen molar-refractivity contribution in [2.75, 3.05) is 0 Å². The minimum atomic E-state index is -0.463. The molecule has 0 radical (unpaired) electrons. The molecule has 0 N–H and O–H groups in total. The highest BCUT2D eigenvalue weighted by Gasteiger charge is 2.52. The fourth-order valence-corrected chi connectivity index (χ4v) is 5.48. The lowest BCUT2D eigenvalue weighted by molar-refractivity contribution is 0.00578. The highest BCUT2D eigenvalue weighted by molar-refractivity contribution is 6.68. The predicted molar refractivity (Wildman–Crippen MR) is 156 cm³/mol. The van der Waals surface area contributed by atoms with Crippen LogP contribution in [0.1, 0.15) is 27.7 Å². The van der Waals surface area contributed by atoms with Crippen LogP contribution >= 0.6 is 0 Å². The predicted octanol–water partition coefficient (Wildman–Crippen LogP) is 7.77. The summed E-state index contributed by atoms with van der Waals surface area (Å²) in [5.74, 6) is 0.628. The zero-order valence-corrected chi connectivity index (χ0v) is 22.0. The molecule has 0 saturated carbocycles. The number of nitrogens with zero attached hydrogens (tertiary/aromatic N) is 1. The molecule has 1 fully saturated rings. The first kappa shape index (κ1) is 23.2. The van der Waals surface area contributed by atoms with Crippen LogP contribution in [0.15, 0.2) is 101 Å². The van der Waals surface area contributed by atoms with E-state index >= 15 is 0 Å². The lowest BCUT2D eigenvalue weighted by atomic mass is 9.71. The van der Waals surface area contributed by atoms with Gasteiger partial charge in [0.15, 0.2) is 5.58 Å². The Balaban J connectivity index is 1.47. The fraction of sp³-hybridized carbons (Fsp3) is 0.182. The first-order chi connectivity index (χ1) is 18.3. The summed E-state index contributed by atoms with van der Waals surface area (Å²) in [4.78, 5) is 4.84. The van der Waals surface area contributed by atoms with E-state index in [1.54, 1.807) is 0 Å². The van der Waals surface area contributed by atoms with Gasteiger partial charge in [-0.2, -0.15) is 0 Å². The summed E-state index contributed by atoms with van der Waals surface area (Å²) >= 11 is 0. The second-order valence-corrected chi connectivity index (χ2v) is 11.0. The van der Waals surface area contributed by atoms with E-state index in [1.165, 1.54) is 5.56 Å². The van der Waals surface area contributed by atoms with Gasteiger partial charge in [-0.25, -0.2) is 4.98 Å². The lowest BCUT2D eigenvalue weighted by Crippen LogP contribution is -2.41. The van der Waals surface area contributed by atoms with E-state index in [2.05, 4.69) is 88.4 Å². The van der Waals surface area contributed by atoms with Gasteiger partial charge < -0.3 is 13.7 Å². The van der Waals surface area contributed by atoms with Crippen molar-refractivity contribution in [2.24, 2.45) is 0 Å². The molecule has 6 aromatic rings. The molecule has 0 bridgehead atoms. The molecule has 38 heavy (non-hydrogen) atoms. The lowest BCUT2D eigenvalue weighted by Gasteiger charge is -2.32. The van der Waals surface area contributed by atoms with Crippen molar-refractivity contribution in [2.45, 2.75) is 38.9 Å². The molecule has 186 valence electrons. The van der Waals surface area contributed by atoms with Crippen LogP contribution < -0.4 is 5.46 Å². The van der Waals surface area contributed by atoms with E-state index in [-0.39, 0.29) is 0 Å². The van der Waals surface area contributed by atoms with Gasteiger partial charge >= 0.3 is 7.12 Å². The first-order valence-corrected chi connectivity index (χ1v) is 13.1. The van der Waals surface area contributed by atoms with E-state index in [4.69, 9.17) is 18.7 Å². The van der Waals surface area contributed by atoms with Crippen molar-refractivity contribution in [1.29, 1.82) is 0 Å². The van der Waals surface area contributed by atoms with Gasteiger partial charge in [-0.05, 0) is 90.1 Å². The quantitative estimate of drug-likeness (QED) is 0.185. The summed E-state index contributed by atoms with van der Waals surface area (Å²) in [6.45, 7) is 8.40. The number of benzene rings is 5. The van der Waals surface area contributed by atoms with Crippen molar-refractivity contribution in [3.8, 4) is 22.6 Å². The third-order valence-corrected chi connectivity index (χ3v) is 8.16. The number of oxazole rings is 1. The maximum Gasteiger partial charge on any atom is 0.496 e. The molecule has 1 aliphatic rings. The van der Waals surface area contributed by atoms with Crippen LogP contribution in [0.5, 0.6) is 0 Å². The SMILES string of the molecule is CC1(C)OB(c2c3ccccc3c(-c3ccc4oc(-c5ccccc5)nc4c3)c3ccccc23)OC1(C)C. The van der Waals surface area contributed by atoms with Crippen LogP contribution in [-0.4, -0.2) is 23.3 Å². The number of aromatic nitrogens is 1. The van der Waals surface area contributed by atoms with Gasteiger partial charge in [-0.3, -0.25) is 0 Å². The van der Waals surface area contributed by atoms with Gasteiger partial charge in [0.1, 0.15) is 5.52 Å². The summed E-state index contributed by atoms with van der Waals surface area (Å²) in [6.07, 6.45) is 0. The molecule has 1 saturated heterocycles. The van der Waals surface area contributed by atoms with Crippen LogP contribution in [0, 0.1) is 0 Å². The number of rotatable bonds is 3. The van der Waals surface area contributed by atoms with E-state index in [9.17, 15) is 0 Å². The van der Waals surface area contributed by atoms with Gasteiger partial charge in [0.2, 0.25) is 5.89 Å². The largest absolute Gasteiger partial charge is 0.496 e. The standard InChI is InChI=1S/C33H28BNO3/c1-32(2)33(3,4)38-34(37-32)30-25-16-10-8-14-23(25)29(24-15-9-11-17-26(24)30)22-18-19-28-27(20-22)35-31(36-28)21-12-6-5-7-13-21/h5-20H,1-4H3. The van der Waals surface area contributed by atoms with Crippen LogP contribution in [0.25, 0.3) is 55.2 Å². The molecule has 5 heteroatoms. The molecule has 4 nitrogen and oxygen atoms in total. The summed E-state index contributed by atoms with van der Waals surface area (Å²) in [7, 11) is -0.463. The van der Waals surface area contributed by atoms with E-state index in [0.29, 0.717) is 5.89 Å². The second-order valence-electron chi connectivity index (χ2n) is 11.0. The van der Waals surface area contributed by atoms with Crippen molar-refractivity contribution < 1.29 is 13.7 Å². The minimum Gasteiger partial charge on any atom is -0.436 e. The molecule has 1 aliphatic heterocycles. The average Bonchev–Trinajstić information content (AvgIpc) is 3.44. The summed E-state index contributed by atoms with van der Waals surface area (Å²) in [5.41, 5.74) is 5.07. The zero-order valence-electron chi connectivity index (χ0n) is 22.0. The molecule has 0 spiro atoms. The highest BCUT2D eigenvalue weighted by Crippen LogP contribution is 2.41. The Hall–Kier alpha value is -3.93. The van der Waals surface area contributed by atoms with Gasteiger partial charge in [0, 0.05) is 5.56 Å². The summed E-state index contributed by atoms with van der Waals surface area (Å²) < 4.78 is 19.2. The summed E-state index contributed by atoms with van der Waals surface area (Å²) in [6, 6.07) is 33.4. The molecule has 0 unspecified atom stereocenters. The molecule has 0 amide bonds. The second kappa shape index (κ2) is 8.29. The zero-order chi connectivity index (χ0) is 26.1. The molecule has 7 rings (SSSR count). The van der Waals surface area contributed by atoms with Crippen LogP contribution in [0.2, 0.25) is 0 Å². The fourth-order valence-electron chi connectivity index (χ4n) is 5.48. The van der Waals surface area contributed by atoms with E-state index in [0.717, 1.165) is 49.2 Å². The maximum absolute atomic E-state index is 6.57. The van der Waals surface area contributed by atoms with Crippen LogP contribution in [-0.2, 0) is 9.31 Å². The minimum absolute atomic E-state index is 0.424. The third kappa shape index (κ3) is 3.50.